The van der Waals surface area contributed by atoms with E-state index < -0.39 is 15.7 Å². The van der Waals surface area contributed by atoms with Gasteiger partial charge >= 0.3 is 0 Å². The Morgan fingerprint density at radius 3 is 2.67 bits per heavy atom. The molecule has 1 N–H and O–H groups in total. The molecule has 8 nitrogen and oxygen atoms in total. The second-order valence-corrected chi connectivity index (χ2v) is 8.10. The largest absolute Gasteiger partial charge is 0.296 e. The van der Waals surface area contributed by atoms with E-state index in [1.54, 1.807) is 6.07 Å². The zero-order chi connectivity index (χ0) is 17.5. The van der Waals surface area contributed by atoms with Gasteiger partial charge < -0.3 is 0 Å². The summed E-state index contributed by atoms with van der Waals surface area (Å²) in [6.07, 6.45) is 1.13. The minimum Gasteiger partial charge on any atom is -0.296 e. The smallest absolute Gasteiger partial charge is 0.277 e. The molecule has 2 aromatic heterocycles. The van der Waals surface area contributed by atoms with E-state index in [4.69, 9.17) is 0 Å². The molecule has 24 heavy (non-hydrogen) atoms. The maximum absolute atomic E-state index is 12.2. The SMILES string of the molecule is Cn1nc(C(=O)Nc2nc3ccc(S(C)(=O)=O)cc3s2)ccc1=O. The molecule has 10 heteroatoms. The van der Waals surface area contributed by atoms with Gasteiger partial charge in [0.05, 0.1) is 15.1 Å². The lowest BCUT2D eigenvalue weighted by Crippen LogP contribution is -2.23. The molecule has 124 valence electrons. The predicted molar refractivity (Wildman–Crippen MR) is 90.2 cm³/mol. The minimum atomic E-state index is -3.31. The van der Waals surface area contributed by atoms with Gasteiger partial charge in [0.1, 0.15) is 5.69 Å². The molecular formula is C14H12N4O4S2. The van der Waals surface area contributed by atoms with E-state index in [0.717, 1.165) is 22.3 Å². The van der Waals surface area contributed by atoms with Crippen LogP contribution >= 0.6 is 11.3 Å². The first-order chi connectivity index (χ1) is 11.2. The van der Waals surface area contributed by atoms with Crippen LogP contribution in [0.25, 0.3) is 10.2 Å². The number of carbonyl (C=O) groups is 1. The van der Waals surface area contributed by atoms with Crippen molar-refractivity contribution < 1.29 is 13.2 Å². The van der Waals surface area contributed by atoms with E-state index in [2.05, 4.69) is 15.4 Å². The van der Waals surface area contributed by atoms with Crippen molar-refractivity contribution >= 4 is 42.4 Å². The summed E-state index contributed by atoms with van der Waals surface area (Å²) in [6, 6.07) is 7.15. The van der Waals surface area contributed by atoms with Crippen LogP contribution in [0, 0.1) is 0 Å². The molecule has 0 fully saturated rings. The van der Waals surface area contributed by atoms with Crippen molar-refractivity contribution in [2.24, 2.45) is 7.05 Å². The average molecular weight is 364 g/mol. The quantitative estimate of drug-likeness (QED) is 0.743. The molecule has 3 aromatic rings. The van der Waals surface area contributed by atoms with E-state index in [1.807, 2.05) is 0 Å². The summed E-state index contributed by atoms with van der Waals surface area (Å²) in [5, 5.41) is 6.77. The molecule has 0 aliphatic carbocycles. The molecule has 0 aliphatic heterocycles. The van der Waals surface area contributed by atoms with Crippen LogP contribution in [-0.4, -0.2) is 35.3 Å². The molecule has 1 amide bonds. The Balaban J connectivity index is 1.91. The Hall–Kier alpha value is -2.59. The van der Waals surface area contributed by atoms with E-state index in [-0.39, 0.29) is 16.1 Å². The number of rotatable bonds is 3. The van der Waals surface area contributed by atoms with Crippen molar-refractivity contribution in [1.29, 1.82) is 0 Å². The number of nitrogens with one attached hydrogen (secondary N) is 1. The third kappa shape index (κ3) is 3.19. The summed E-state index contributed by atoms with van der Waals surface area (Å²) in [4.78, 5) is 27.9. The highest BCUT2D eigenvalue weighted by Gasteiger charge is 2.14. The number of hydrogen-bond acceptors (Lipinski definition) is 7. The van der Waals surface area contributed by atoms with Crippen LogP contribution in [0.4, 0.5) is 5.13 Å². The molecule has 0 aliphatic rings. The zero-order valence-electron chi connectivity index (χ0n) is 12.7. The van der Waals surface area contributed by atoms with Gasteiger partial charge in [0, 0.05) is 19.4 Å². The lowest BCUT2D eigenvalue weighted by atomic mass is 10.3. The predicted octanol–water partition coefficient (Wildman–Crippen LogP) is 1.05. The number of anilines is 1. The monoisotopic (exact) mass is 364 g/mol. The molecule has 0 saturated heterocycles. The lowest BCUT2D eigenvalue weighted by molar-refractivity contribution is 0.102. The van der Waals surface area contributed by atoms with Crippen LogP contribution in [0.1, 0.15) is 10.5 Å². The summed E-state index contributed by atoms with van der Waals surface area (Å²) in [6.45, 7) is 0. The van der Waals surface area contributed by atoms with Crippen LogP contribution in [-0.2, 0) is 16.9 Å². The van der Waals surface area contributed by atoms with Gasteiger partial charge in [-0.1, -0.05) is 11.3 Å². The van der Waals surface area contributed by atoms with Gasteiger partial charge in [0.25, 0.3) is 11.5 Å². The number of fused-ring (bicyclic) bond motifs is 1. The number of aromatic nitrogens is 3. The van der Waals surface area contributed by atoms with E-state index in [1.165, 1.54) is 31.3 Å². The van der Waals surface area contributed by atoms with Crippen LogP contribution < -0.4 is 10.9 Å². The second-order valence-electron chi connectivity index (χ2n) is 5.06. The van der Waals surface area contributed by atoms with Gasteiger partial charge in [0.15, 0.2) is 15.0 Å². The number of sulfone groups is 1. The average Bonchev–Trinajstić information content (AvgIpc) is 2.90. The Morgan fingerprint density at radius 1 is 1.25 bits per heavy atom. The maximum atomic E-state index is 12.2. The number of hydrogen-bond donors (Lipinski definition) is 1. The summed E-state index contributed by atoms with van der Waals surface area (Å²) < 4.78 is 24.9. The van der Waals surface area contributed by atoms with Gasteiger partial charge in [-0.15, -0.1) is 0 Å². The van der Waals surface area contributed by atoms with Crippen molar-refractivity contribution in [3.8, 4) is 0 Å². The molecule has 3 rings (SSSR count). The molecule has 2 heterocycles. The number of nitrogens with zero attached hydrogens (tertiary/aromatic N) is 3. The van der Waals surface area contributed by atoms with Gasteiger partial charge in [-0.05, 0) is 24.3 Å². The Labute approximate surface area is 140 Å². The maximum Gasteiger partial charge on any atom is 0.277 e. The Kier molecular flexibility index (Phi) is 3.93. The molecule has 0 atom stereocenters. The lowest BCUT2D eigenvalue weighted by Gasteiger charge is -2.01. The van der Waals surface area contributed by atoms with E-state index in [9.17, 15) is 18.0 Å². The fourth-order valence-electron chi connectivity index (χ4n) is 1.97. The topological polar surface area (TPSA) is 111 Å². The van der Waals surface area contributed by atoms with Crippen molar-refractivity contribution in [2.75, 3.05) is 11.6 Å². The van der Waals surface area contributed by atoms with Crippen molar-refractivity contribution in [2.45, 2.75) is 4.90 Å². The number of aryl methyl sites for hydroxylation is 1. The fourth-order valence-corrected chi connectivity index (χ4v) is 3.60. The fraction of sp³-hybridized carbons (Fsp3) is 0.143. The first-order valence-electron chi connectivity index (χ1n) is 6.70. The molecule has 0 saturated carbocycles. The molecule has 0 bridgehead atoms. The molecule has 0 spiro atoms. The van der Waals surface area contributed by atoms with Crippen molar-refractivity contribution in [3.63, 3.8) is 0 Å². The third-order valence-corrected chi connectivity index (χ3v) is 5.25. The third-order valence-electron chi connectivity index (χ3n) is 3.20. The second kappa shape index (κ2) is 5.80. The Morgan fingerprint density at radius 2 is 2.00 bits per heavy atom. The zero-order valence-corrected chi connectivity index (χ0v) is 14.3. The number of benzene rings is 1. The summed E-state index contributed by atoms with van der Waals surface area (Å²) in [5.41, 5.74) is 0.337. The van der Waals surface area contributed by atoms with Gasteiger partial charge in [0.2, 0.25) is 0 Å². The van der Waals surface area contributed by atoms with Crippen LogP contribution in [0.15, 0.2) is 40.0 Å². The van der Waals surface area contributed by atoms with Crippen LogP contribution in [0.2, 0.25) is 0 Å². The van der Waals surface area contributed by atoms with Gasteiger partial charge in [-0.3, -0.25) is 14.9 Å². The van der Waals surface area contributed by atoms with Crippen molar-refractivity contribution in [1.82, 2.24) is 14.8 Å². The van der Waals surface area contributed by atoms with Gasteiger partial charge in [-0.25, -0.2) is 18.1 Å². The summed E-state index contributed by atoms with van der Waals surface area (Å²) in [5.74, 6) is -0.506. The number of carbonyl (C=O) groups excluding carboxylic acids is 1. The molecule has 0 radical (unpaired) electrons. The highest BCUT2D eigenvalue weighted by Crippen LogP contribution is 2.28. The molecule has 0 unspecified atom stereocenters. The minimum absolute atomic E-state index is 0.0770. The normalized spacial score (nSPS) is 11.6. The first kappa shape index (κ1) is 16.3. The Bertz CT molecular complexity index is 1120. The summed E-state index contributed by atoms with van der Waals surface area (Å²) >= 11 is 1.15. The highest BCUT2D eigenvalue weighted by atomic mass is 32.2. The molecular weight excluding hydrogens is 352 g/mol. The standard InChI is InChI=1S/C14H12N4O4S2/c1-18-12(19)6-5-10(17-18)13(20)16-14-15-9-4-3-8(24(2,21)22)7-11(9)23-14/h3-7H,1-2H3,(H,15,16,20). The highest BCUT2D eigenvalue weighted by molar-refractivity contribution is 7.90. The number of thiazole rings is 1. The van der Waals surface area contributed by atoms with Crippen LogP contribution in [0.3, 0.4) is 0 Å². The summed E-state index contributed by atoms with van der Waals surface area (Å²) in [7, 11) is -1.86. The van der Waals surface area contributed by atoms with Crippen LogP contribution in [0.5, 0.6) is 0 Å². The first-order valence-corrected chi connectivity index (χ1v) is 9.41. The van der Waals surface area contributed by atoms with Gasteiger partial charge in [-0.2, -0.15) is 5.10 Å². The molecule has 1 aromatic carbocycles. The van der Waals surface area contributed by atoms with E-state index >= 15 is 0 Å². The van der Waals surface area contributed by atoms with Crippen molar-refractivity contribution in [3.05, 3.63) is 46.4 Å². The number of amides is 1. The van der Waals surface area contributed by atoms with E-state index in [0.29, 0.717) is 15.3 Å².